The third-order valence-corrected chi connectivity index (χ3v) is 3.48. The highest BCUT2D eigenvalue weighted by Crippen LogP contribution is 2.16. The van der Waals surface area contributed by atoms with Crippen molar-refractivity contribution in [1.82, 2.24) is 0 Å². The number of carbonyl (C=O) groups excluding carboxylic acids is 3. The normalized spacial score (nSPS) is 11.7. The van der Waals surface area contributed by atoms with Gasteiger partial charge in [0.25, 0.3) is 0 Å². The van der Waals surface area contributed by atoms with Crippen LogP contribution in [0.2, 0.25) is 0 Å². The molecular weight excluding hydrogens is 388 g/mol. The van der Waals surface area contributed by atoms with Gasteiger partial charge in [-0.3, -0.25) is 14.6 Å². The standard InChI is InChI=1S/C23H26O7/c1-22(2,3)29-27-20(25)16-12-10-15(11-13-16)19(24)17-8-7-9-18(14-17)21(26)28-30-23(4,5)6/h7-14H,1-6H3. The van der Waals surface area contributed by atoms with Crippen LogP contribution in [0.5, 0.6) is 0 Å². The molecule has 7 heteroatoms. The Morgan fingerprint density at radius 1 is 0.600 bits per heavy atom. The molecule has 0 saturated heterocycles. The molecule has 0 N–H and O–H groups in total. The predicted molar refractivity (Wildman–Crippen MR) is 109 cm³/mol. The van der Waals surface area contributed by atoms with Crippen LogP contribution in [0, 0.1) is 0 Å². The van der Waals surface area contributed by atoms with Crippen LogP contribution >= 0.6 is 0 Å². The van der Waals surface area contributed by atoms with Crippen LogP contribution in [-0.2, 0) is 19.6 Å². The summed E-state index contributed by atoms with van der Waals surface area (Å²) in [4.78, 5) is 56.5. The van der Waals surface area contributed by atoms with Gasteiger partial charge in [-0.05, 0) is 65.8 Å². The quantitative estimate of drug-likeness (QED) is 0.385. The second-order valence-corrected chi connectivity index (χ2v) is 8.62. The number of hydrogen-bond donors (Lipinski definition) is 0. The predicted octanol–water partition coefficient (Wildman–Crippen LogP) is 4.69. The lowest BCUT2D eigenvalue weighted by atomic mass is 10.0. The fourth-order valence-electron chi connectivity index (χ4n) is 2.13. The molecule has 0 aliphatic carbocycles. The molecule has 0 aliphatic rings. The van der Waals surface area contributed by atoms with Gasteiger partial charge in [0.15, 0.2) is 5.78 Å². The topological polar surface area (TPSA) is 88.1 Å². The molecule has 160 valence electrons. The molecule has 0 atom stereocenters. The van der Waals surface area contributed by atoms with Crippen LogP contribution in [0.3, 0.4) is 0 Å². The largest absolute Gasteiger partial charge is 0.373 e. The second kappa shape index (κ2) is 9.19. The summed E-state index contributed by atoms with van der Waals surface area (Å²) < 4.78 is 0. The molecule has 2 rings (SSSR count). The summed E-state index contributed by atoms with van der Waals surface area (Å²) in [5.41, 5.74) is -0.206. The fraction of sp³-hybridized carbons (Fsp3) is 0.348. The van der Waals surface area contributed by atoms with Gasteiger partial charge < -0.3 is 0 Å². The van der Waals surface area contributed by atoms with Gasteiger partial charge >= 0.3 is 11.9 Å². The summed E-state index contributed by atoms with van der Waals surface area (Å²) in [6, 6.07) is 12.1. The first-order valence-corrected chi connectivity index (χ1v) is 9.40. The number of ketones is 1. The third-order valence-electron chi connectivity index (χ3n) is 3.48. The molecule has 0 radical (unpaired) electrons. The monoisotopic (exact) mass is 414 g/mol. The molecule has 0 unspecified atom stereocenters. The number of carbonyl (C=O) groups is 3. The molecule has 0 saturated carbocycles. The van der Waals surface area contributed by atoms with Crippen molar-refractivity contribution in [2.75, 3.05) is 0 Å². The molecule has 7 nitrogen and oxygen atoms in total. The Labute approximate surface area is 175 Å². The first kappa shape index (κ1) is 23.3. The molecule has 0 bridgehead atoms. The Bertz CT molecular complexity index is 916. The van der Waals surface area contributed by atoms with E-state index in [-0.39, 0.29) is 16.9 Å². The molecule has 0 heterocycles. The minimum absolute atomic E-state index is 0.185. The summed E-state index contributed by atoms with van der Waals surface area (Å²) in [5.74, 6) is -1.67. The number of benzene rings is 2. The van der Waals surface area contributed by atoms with E-state index < -0.39 is 23.1 Å². The molecular formula is C23H26O7. The van der Waals surface area contributed by atoms with Crippen LogP contribution < -0.4 is 0 Å². The Balaban J connectivity index is 2.10. The zero-order chi connectivity index (χ0) is 22.5. The molecule has 0 fully saturated rings. The minimum Gasteiger partial charge on any atom is -0.292 e. The Morgan fingerprint density at radius 2 is 1.03 bits per heavy atom. The van der Waals surface area contributed by atoms with Crippen molar-refractivity contribution in [3.63, 3.8) is 0 Å². The average molecular weight is 414 g/mol. The molecule has 0 aliphatic heterocycles. The lowest BCUT2D eigenvalue weighted by Gasteiger charge is -2.16. The van der Waals surface area contributed by atoms with Crippen LogP contribution in [0.25, 0.3) is 0 Å². The Morgan fingerprint density at radius 3 is 1.53 bits per heavy atom. The zero-order valence-electron chi connectivity index (χ0n) is 18.0. The lowest BCUT2D eigenvalue weighted by molar-refractivity contribution is -0.301. The third kappa shape index (κ3) is 7.09. The van der Waals surface area contributed by atoms with Gasteiger partial charge in [-0.25, -0.2) is 9.59 Å². The minimum atomic E-state index is -0.698. The zero-order valence-corrected chi connectivity index (χ0v) is 18.0. The van der Waals surface area contributed by atoms with E-state index in [1.165, 1.54) is 36.4 Å². The molecule has 2 aromatic rings. The van der Waals surface area contributed by atoms with Gasteiger partial charge in [0, 0.05) is 11.1 Å². The van der Waals surface area contributed by atoms with Gasteiger partial charge in [-0.1, -0.05) is 24.3 Å². The van der Waals surface area contributed by atoms with E-state index in [1.807, 2.05) is 0 Å². The van der Waals surface area contributed by atoms with Crippen molar-refractivity contribution < 1.29 is 33.9 Å². The fourth-order valence-corrected chi connectivity index (χ4v) is 2.13. The molecule has 30 heavy (non-hydrogen) atoms. The van der Waals surface area contributed by atoms with Crippen LogP contribution in [0.4, 0.5) is 0 Å². The maximum absolute atomic E-state index is 12.8. The summed E-state index contributed by atoms with van der Waals surface area (Å²) in [5, 5.41) is 0. The highest BCUT2D eigenvalue weighted by atomic mass is 17.2. The summed E-state index contributed by atoms with van der Waals surface area (Å²) >= 11 is 0. The summed E-state index contributed by atoms with van der Waals surface area (Å²) in [7, 11) is 0. The van der Waals surface area contributed by atoms with E-state index in [0.29, 0.717) is 11.1 Å². The highest BCUT2D eigenvalue weighted by Gasteiger charge is 2.19. The smallest absolute Gasteiger partial charge is 0.292 e. The van der Waals surface area contributed by atoms with Crippen molar-refractivity contribution in [2.24, 2.45) is 0 Å². The van der Waals surface area contributed by atoms with Gasteiger partial charge in [0.2, 0.25) is 0 Å². The van der Waals surface area contributed by atoms with E-state index >= 15 is 0 Å². The number of hydrogen-bond acceptors (Lipinski definition) is 7. The SMILES string of the molecule is CC(C)(C)OOC(=O)c1ccc(C(=O)c2cccc(C(=O)OOC(C)(C)C)c2)cc1. The van der Waals surface area contributed by atoms with Crippen molar-refractivity contribution in [2.45, 2.75) is 52.7 Å². The van der Waals surface area contributed by atoms with Gasteiger partial charge in [-0.2, -0.15) is 9.78 Å². The molecule has 0 amide bonds. The van der Waals surface area contributed by atoms with E-state index in [4.69, 9.17) is 19.6 Å². The molecule has 2 aromatic carbocycles. The van der Waals surface area contributed by atoms with Crippen LogP contribution in [-0.4, -0.2) is 28.9 Å². The summed E-state index contributed by atoms with van der Waals surface area (Å²) in [6.45, 7) is 10.5. The van der Waals surface area contributed by atoms with E-state index in [9.17, 15) is 14.4 Å². The van der Waals surface area contributed by atoms with E-state index in [1.54, 1.807) is 53.7 Å². The first-order valence-electron chi connectivity index (χ1n) is 9.40. The maximum atomic E-state index is 12.8. The maximum Gasteiger partial charge on any atom is 0.373 e. The Kier molecular flexibility index (Phi) is 7.12. The van der Waals surface area contributed by atoms with Crippen molar-refractivity contribution in [3.8, 4) is 0 Å². The van der Waals surface area contributed by atoms with Gasteiger partial charge in [-0.15, -0.1) is 0 Å². The van der Waals surface area contributed by atoms with Crippen molar-refractivity contribution in [1.29, 1.82) is 0 Å². The molecule has 0 spiro atoms. The average Bonchev–Trinajstić information content (AvgIpc) is 2.68. The van der Waals surface area contributed by atoms with Crippen molar-refractivity contribution >= 4 is 17.7 Å². The van der Waals surface area contributed by atoms with E-state index in [2.05, 4.69) is 0 Å². The van der Waals surface area contributed by atoms with Crippen LogP contribution in [0.15, 0.2) is 48.5 Å². The van der Waals surface area contributed by atoms with Crippen LogP contribution in [0.1, 0.15) is 78.2 Å². The summed E-state index contributed by atoms with van der Waals surface area (Å²) in [6.07, 6.45) is 0. The van der Waals surface area contributed by atoms with Crippen molar-refractivity contribution in [3.05, 3.63) is 70.8 Å². The lowest BCUT2D eigenvalue weighted by Crippen LogP contribution is -2.22. The highest BCUT2D eigenvalue weighted by molar-refractivity contribution is 6.10. The van der Waals surface area contributed by atoms with Gasteiger partial charge in [0.1, 0.15) is 11.2 Å². The Hall–Kier alpha value is -3.03. The second-order valence-electron chi connectivity index (χ2n) is 8.62. The van der Waals surface area contributed by atoms with E-state index in [0.717, 1.165) is 0 Å². The first-order chi connectivity index (χ1) is 13.9. The molecule has 0 aromatic heterocycles. The number of rotatable bonds is 6. The van der Waals surface area contributed by atoms with Gasteiger partial charge in [0.05, 0.1) is 11.1 Å².